The van der Waals surface area contributed by atoms with Gasteiger partial charge in [-0.2, -0.15) is 0 Å². The van der Waals surface area contributed by atoms with Crippen LogP contribution in [-0.2, 0) is 4.79 Å². The molecule has 1 atom stereocenters. The van der Waals surface area contributed by atoms with Crippen LogP contribution >= 0.6 is 11.3 Å². The van der Waals surface area contributed by atoms with Gasteiger partial charge in [0.1, 0.15) is 5.75 Å². The smallest absolute Gasteiger partial charge is 0.290 e. The van der Waals surface area contributed by atoms with Gasteiger partial charge >= 0.3 is 0 Å². The number of nitrogens with zero attached hydrogens (tertiary/aromatic N) is 1. The van der Waals surface area contributed by atoms with Gasteiger partial charge < -0.3 is 15.1 Å². The van der Waals surface area contributed by atoms with Crippen molar-refractivity contribution in [3.8, 4) is 5.75 Å². The molecule has 1 aliphatic heterocycles. The van der Waals surface area contributed by atoms with Crippen LogP contribution in [0.4, 0.5) is 0 Å². The highest BCUT2D eigenvalue weighted by Gasteiger charge is 2.43. The van der Waals surface area contributed by atoms with E-state index < -0.39 is 17.7 Å². The van der Waals surface area contributed by atoms with Crippen molar-refractivity contribution in [2.75, 3.05) is 6.54 Å². The molecule has 0 aliphatic carbocycles. The molecule has 0 bridgehead atoms. The largest absolute Gasteiger partial charge is 0.508 e. The number of Topliss-reactive ketones (excluding diaryl/α,β-unsaturated/α-hetero) is 1. The highest BCUT2D eigenvalue weighted by atomic mass is 32.1. The zero-order valence-corrected chi connectivity index (χ0v) is 13.9. The van der Waals surface area contributed by atoms with Crippen molar-refractivity contribution in [1.29, 1.82) is 0 Å². The van der Waals surface area contributed by atoms with E-state index in [-0.39, 0.29) is 17.1 Å². The van der Waals surface area contributed by atoms with E-state index in [1.165, 1.54) is 28.4 Å². The van der Waals surface area contributed by atoms with Gasteiger partial charge in [0.25, 0.3) is 5.91 Å². The summed E-state index contributed by atoms with van der Waals surface area (Å²) in [6.07, 6.45) is 0.702. The minimum absolute atomic E-state index is 0.0987. The third-order valence-electron chi connectivity index (χ3n) is 3.97. The molecule has 0 spiro atoms. The molecule has 5 nitrogen and oxygen atoms in total. The van der Waals surface area contributed by atoms with Crippen LogP contribution in [0.25, 0.3) is 0 Å². The second kappa shape index (κ2) is 6.49. The third-order valence-corrected chi connectivity index (χ3v) is 4.84. The predicted molar refractivity (Wildman–Crippen MR) is 91.2 cm³/mol. The fourth-order valence-electron chi connectivity index (χ4n) is 2.90. The highest BCUT2D eigenvalue weighted by molar-refractivity contribution is 7.12. The van der Waals surface area contributed by atoms with Gasteiger partial charge in [0, 0.05) is 6.54 Å². The number of phenolic OH excluding ortho intramolecular Hbond substituents is 1. The standard InChI is InChI=1S/C18H17NO4S/c1-2-9-19-15(11-5-7-12(20)8-6-11)14(17(22)18(19)23)16(21)13-4-3-10-24-13/h3-8,10,15,20,22H,2,9H2,1H3. The average molecular weight is 343 g/mol. The molecule has 2 heterocycles. The maximum atomic E-state index is 12.8. The first kappa shape index (κ1) is 16.3. The lowest BCUT2D eigenvalue weighted by Crippen LogP contribution is -2.31. The number of hydrogen-bond acceptors (Lipinski definition) is 5. The summed E-state index contributed by atoms with van der Waals surface area (Å²) in [5.74, 6) is -1.26. The first-order valence-corrected chi connectivity index (χ1v) is 8.53. The fourth-order valence-corrected chi connectivity index (χ4v) is 3.58. The molecule has 0 saturated heterocycles. The molecule has 0 saturated carbocycles. The molecule has 124 valence electrons. The Labute approximate surface area is 143 Å². The SMILES string of the molecule is CCCN1C(=O)C(O)=C(C(=O)c2cccs2)C1c1ccc(O)cc1. The van der Waals surface area contributed by atoms with Crippen LogP contribution in [0.1, 0.15) is 34.6 Å². The number of phenols is 1. The van der Waals surface area contributed by atoms with E-state index in [9.17, 15) is 19.8 Å². The van der Waals surface area contributed by atoms with Gasteiger partial charge in [-0.25, -0.2) is 0 Å². The van der Waals surface area contributed by atoms with Gasteiger partial charge in [0.2, 0.25) is 5.78 Å². The summed E-state index contributed by atoms with van der Waals surface area (Å²) in [5, 5.41) is 21.6. The molecule has 1 aliphatic rings. The Morgan fingerprint density at radius 3 is 2.50 bits per heavy atom. The summed E-state index contributed by atoms with van der Waals surface area (Å²) in [6, 6.07) is 9.12. The zero-order valence-electron chi connectivity index (χ0n) is 13.1. The number of aromatic hydroxyl groups is 1. The van der Waals surface area contributed by atoms with E-state index in [4.69, 9.17) is 0 Å². The normalized spacial score (nSPS) is 17.6. The number of benzene rings is 1. The van der Waals surface area contributed by atoms with Crippen LogP contribution in [0.2, 0.25) is 0 Å². The van der Waals surface area contributed by atoms with Crippen molar-refractivity contribution in [2.24, 2.45) is 0 Å². The molecule has 0 radical (unpaired) electrons. The summed E-state index contributed by atoms with van der Waals surface area (Å²) in [5.41, 5.74) is 0.778. The number of thiophene rings is 1. The van der Waals surface area contributed by atoms with Crippen molar-refractivity contribution in [3.05, 3.63) is 63.6 Å². The summed E-state index contributed by atoms with van der Waals surface area (Å²) >= 11 is 1.27. The van der Waals surface area contributed by atoms with Crippen molar-refractivity contribution >= 4 is 23.0 Å². The quantitative estimate of drug-likeness (QED) is 0.815. The molecule has 3 rings (SSSR count). The van der Waals surface area contributed by atoms with E-state index in [2.05, 4.69) is 0 Å². The second-order valence-corrected chi connectivity index (χ2v) is 6.51. The van der Waals surface area contributed by atoms with Crippen LogP contribution in [0.3, 0.4) is 0 Å². The first-order chi connectivity index (χ1) is 11.5. The van der Waals surface area contributed by atoms with Crippen molar-refractivity contribution in [3.63, 3.8) is 0 Å². The van der Waals surface area contributed by atoms with Gasteiger partial charge in [-0.15, -0.1) is 11.3 Å². The topological polar surface area (TPSA) is 77.8 Å². The maximum absolute atomic E-state index is 12.8. The minimum Gasteiger partial charge on any atom is -0.508 e. The Hall–Kier alpha value is -2.60. The van der Waals surface area contributed by atoms with E-state index in [0.29, 0.717) is 23.4 Å². The van der Waals surface area contributed by atoms with Gasteiger partial charge in [-0.3, -0.25) is 9.59 Å². The average Bonchev–Trinajstić information content (AvgIpc) is 3.19. The van der Waals surface area contributed by atoms with Gasteiger partial charge in [-0.1, -0.05) is 25.1 Å². The summed E-state index contributed by atoms with van der Waals surface area (Å²) in [4.78, 5) is 27.3. The summed E-state index contributed by atoms with van der Waals surface area (Å²) in [6.45, 7) is 2.35. The van der Waals surface area contributed by atoms with Gasteiger partial charge in [-0.05, 0) is 35.6 Å². The molecule has 6 heteroatoms. The van der Waals surface area contributed by atoms with Crippen LogP contribution < -0.4 is 0 Å². The lowest BCUT2D eigenvalue weighted by Gasteiger charge is -2.26. The molecular formula is C18H17NO4S. The highest BCUT2D eigenvalue weighted by Crippen LogP contribution is 2.39. The number of aliphatic hydroxyl groups excluding tert-OH is 1. The Bertz CT molecular complexity index is 793. The van der Waals surface area contributed by atoms with E-state index in [0.717, 1.165) is 0 Å². The number of amides is 1. The third kappa shape index (κ3) is 2.69. The summed E-state index contributed by atoms with van der Waals surface area (Å²) < 4.78 is 0. The molecule has 0 fully saturated rings. The molecule has 1 unspecified atom stereocenters. The fraction of sp³-hybridized carbons (Fsp3) is 0.222. The number of carbonyl (C=O) groups excluding carboxylic acids is 2. The first-order valence-electron chi connectivity index (χ1n) is 7.65. The molecule has 2 N–H and O–H groups in total. The van der Waals surface area contributed by atoms with E-state index in [1.54, 1.807) is 29.6 Å². The van der Waals surface area contributed by atoms with E-state index in [1.807, 2.05) is 6.92 Å². The second-order valence-electron chi connectivity index (χ2n) is 5.56. The number of hydrogen-bond donors (Lipinski definition) is 2. The molecular weight excluding hydrogens is 326 g/mol. The van der Waals surface area contributed by atoms with Crippen LogP contribution in [0.15, 0.2) is 53.1 Å². The number of rotatable bonds is 5. The lowest BCUT2D eigenvalue weighted by atomic mass is 9.95. The van der Waals surface area contributed by atoms with Crippen molar-refractivity contribution in [2.45, 2.75) is 19.4 Å². The number of aliphatic hydroxyl groups is 1. The van der Waals surface area contributed by atoms with Gasteiger partial charge in [0.15, 0.2) is 5.76 Å². The molecule has 2 aromatic rings. The summed E-state index contributed by atoms with van der Waals surface area (Å²) in [7, 11) is 0. The van der Waals surface area contributed by atoms with Crippen molar-refractivity contribution < 1.29 is 19.8 Å². The lowest BCUT2D eigenvalue weighted by molar-refractivity contribution is -0.129. The van der Waals surface area contributed by atoms with Crippen molar-refractivity contribution in [1.82, 2.24) is 4.90 Å². The maximum Gasteiger partial charge on any atom is 0.290 e. The Morgan fingerprint density at radius 2 is 1.92 bits per heavy atom. The molecule has 1 aromatic carbocycles. The number of ketones is 1. The Kier molecular flexibility index (Phi) is 4.40. The van der Waals surface area contributed by atoms with Crippen LogP contribution in [-0.4, -0.2) is 33.3 Å². The predicted octanol–water partition coefficient (Wildman–Crippen LogP) is 3.44. The van der Waals surface area contributed by atoms with Crippen LogP contribution in [0.5, 0.6) is 5.75 Å². The minimum atomic E-state index is -0.646. The zero-order chi connectivity index (χ0) is 17.3. The van der Waals surface area contributed by atoms with Crippen LogP contribution in [0, 0.1) is 0 Å². The van der Waals surface area contributed by atoms with Gasteiger partial charge in [0.05, 0.1) is 16.5 Å². The molecule has 24 heavy (non-hydrogen) atoms. The number of carbonyl (C=O) groups is 2. The Morgan fingerprint density at radius 1 is 1.21 bits per heavy atom. The monoisotopic (exact) mass is 343 g/mol. The molecule has 1 aromatic heterocycles. The molecule has 1 amide bonds. The Balaban J connectivity index is 2.10. The van der Waals surface area contributed by atoms with E-state index >= 15 is 0 Å².